The summed E-state index contributed by atoms with van der Waals surface area (Å²) in [5, 5.41) is 23.1. The number of carbonyl (C=O) groups is 1. The summed E-state index contributed by atoms with van der Waals surface area (Å²) in [6, 6.07) is 3.20. The molecule has 0 radical (unpaired) electrons. The third kappa shape index (κ3) is 5.47. The number of nitrogens with one attached hydrogen (secondary N) is 1. The van der Waals surface area contributed by atoms with E-state index >= 15 is 0 Å². The molecule has 10 heteroatoms. The molecule has 24 heavy (non-hydrogen) atoms. The summed E-state index contributed by atoms with van der Waals surface area (Å²) in [5.74, 6) is -0.235. The Labute approximate surface area is 138 Å². The lowest BCUT2D eigenvalue weighted by Crippen LogP contribution is -2.39. The Morgan fingerprint density at radius 2 is 1.96 bits per heavy atom. The van der Waals surface area contributed by atoms with Gasteiger partial charge in [0.05, 0.1) is 22.5 Å². The number of nitro benzene ring substituents is 2. The fraction of sp³-hybridized carbons (Fsp3) is 0.500. The van der Waals surface area contributed by atoms with Crippen molar-refractivity contribution in [1.82, 2.24) is 5.01 Å². The summed E-state index contributed by atoms with van der Waals surface area (Å²) in [6.45, 7) is 2.35. The number of hydrogen-bond acceptors (Lipinski definition) is 7. The van der Waals surface area contributed by atoms with Crippen molar-refractivity contribution in [2.24, 2.45) is 5.73 Å². The number of non-ortho nitro benzene ring substituents is 1. The van der Waals surface area contributed by atoms with Gasteiger partial charge in [0, 0.05) is 19.0 Å². The average molecular weight is 339 g/mol. The van der Waals surface area contributed by atoms with Crippen molar-refractivity contribution in [1.29, 1.82) is 0 Å². The van der Waals surface area contributed by atoms with Gasteiger partial charge in [0.15, 0.2) is 0 Å². The van der Waals surface area contributed by atoms with Gasteiger partial charge in [0.2, 0.25) is 5.91 Å². The molecule has 0 saturated carbocycles. The molecule has 0 aliphatic rings. The van der Waals surface area contributed by atoms with E-state index in [1.807, 2.05) is 6.92 Å². The zero-order valence-electron chi connectivity index (χ0n) is 13.4. The maximum atomic E-state index is 12.2. The van der Waals surface area contributed by atoms with Crippen molar-refractivity contribution < 1.29 is 14.6 Å². The first-order valence-electron chi connectivity index (χ1n) is 7.60. The minimum Gasteiger partial charge on any atom is -0.329 e. The van der Waals surface area contributed by atoms with Gasteiger partial charge in [-0.1, -0.05) is 19.8 Å². The topological polar surface area (TPSA) is 145 Å². The first-order valence-corrected chi connectivity index (χ1v) is 7.60. The number of nitrogens with two attached hydrogens (primary N) is 1. The zero-order chi connectivity index (χ0) is 18.1. The third-order valence-corrected chi connectivity index (χ3v) is 3.29. The van der Waals surface area contributed by atoms with E-state index in [1.54, 1.807) is 0 Å². The van der Waals surface area contributed by atoms with Crippen LogP contribution in [0, 0.1) is 20.2 Å². The minimum absolute atomic E-state index is 0.00268. The molecule has 10 nitrogen and oxygen atoms in total. The van der Waals surface area contributed by atoms with Crippen molar-refractivity contribution in [3.63, 3.8) is 0 Å². The number of hydrogen-bond donors (Lipinski definition) is 2. The highest BCUT2D eigenvalue weighted by Crippen LogP contribution is 2.29. The van der Waals surface area contributed by atoms with Gasteiger partial charge in [0.25, 0.3) is 5.69 Å². The fourth-order valence-electron chi connectivity index (χ4n) is 2.06. The molecule has 1 rings (SSSR count). The van der Waals surface area contributed by atoms with Crippen molar-refractivity contribution >= 4 is 23.0 Å². The second-order valence-corrected chi connectivity index (χ2v) is 5.12. The molecular weight excluding hydrogens is 318 g/mol. The van der Waals surface area contributed by atoms with Crippen molar-refractivity contribution in [3.8, 4) is 0 Å². The van der Waals surface area contributed by atoms with E-state index in [4.69, 9.17) is 5.73 Å². The predicted molar refractivity (Wildman–Crippen MR) is 88.3 cm³/mol. The number of unbranched alkanes of at least 4 members (excludes halogenated alkanes) is 2. The molecule has 1 aromatic rings. The molecule has 0 atom stereocenters. The van der Waals surface area contributed by atoms with E-state index in [9.17, 15) is 25.0 Å². The summed E-state index contributed by atoms with van der Waals surface area (Å²) < 4.78 is 0. The van der Waals surface area contributed by atoms with E-state index in [1.165, 1.54) is 11.1 Å². The van der Waals surface area contributed by atoms with Crippen LogP contribution >= 0.6 is 0 Å². The lowest BCUT2D eigenvalue weighted by molar-refractivity contribution is -0.393. The molecule has 0 aliphatic heterocycles. The number of benzene rings is 1. The van der Waals surface area contributed by atoms with Gasteiger partial charge in [-0.15, -0.1) is 0 Å². The van der Waals surface area contributed by atoms with Crippen molar-refractivity contribution in [2.45, 2.75) is 32.6 Å². The maximum absolute atomic E-state index is 12.2. The predicted octanol–water partition coefficient (Wildman–Crippen LogP) is 2.20. The van der Waals surface area contributed by atoms with Crippen LogP contribution in [0.2, 0.25) is 0 Å². The number of carbonyl (C=O) groups excluding carboxylic acids is 1. The normalized spacial score (nSPS) is 10.2. The summed E-state index contributed by atoms with van der Waals surface area (Å²) in [7, 11) is 0. The first-order chi connectivity index (χ1) is 11.4. The molecule has 0 bridgehead atoms. The Kier molecular flexibility index (Phi) is 7.56. The Morgan fingerprint density at radius 3 is 2.50 bits per heavy atom. The van der Waals surface area contributed by atoms with Crippen LogP contribution in [-0.4, -0.2) is 33.9 Å². The van der Waals surface area contributed by atoms with E-state index in [-0.39, 0.29) is 24.7 Å². The number of nitro groups is 2. The molecule has 0 aliphatic carbocycles. The van der Waals surface area contributed by atoms with Gasteiger partial charge in [-0.25, -0.2) is 0 Å². The van der Waals surface area contributed by atoms with Crippen LogP contribution in [0.4, 0.5) is 17.1 Å². The Hall–Kier alpha value is -2.75. The lowest BCUT2D eigenvalue weighted by atomic mass is 10.2. The van der Waals surface area contributed by atoms with Gasteiger partial charge in [-0.3, -0.25) is 35.5 Å². The van der Waals surface area contributed by atoms with Gasteiger partial charge < -0.3 is 5.73 Å². The van der Waals surface area contributed by atoms with E-state index in [2.05, 4.69) is 5.43 Å². The monoisotopic (exact) mass is 339 g/mol. The lowest BCUT2D eigenvalue weighted by Gasteiger charge is -2.23. The minimum atomic E-state index is -0.739. The fourth-order valence-corrected chi connectivity index (χ4v) is 2.06. The van der Waals surface area contributed by atoms with Crippen LogP contribution < -0.4 is 11.2 Å². The summed E-state index contributed by atoms with van der Waals surface area (Å²) in [4.78, 5) is 32.6. The third-order valence-electron chi connectivity index (χ3n) is 3.29. The zero-order valence-corrected chi connectivity index (χ0v) is 13.4. The Bertz CT molecular complexity index is 607. The number of rotatable bonds is 10. The second-order valence-electron chi connectivity index (χ2n) is 5.12. The summed E-state index contributed by atoms with van der Waals surface area (Å²) in [6.07, 6.45) is 2.87. The molecule has 0 unspecified atom stereocenters. The van der Waals surface area contributed by atoms with Crippen LogP contribution in [0.1, 0.15) is 32.6 Å². The average Bonchev–Trinajstić information content (AvgIpc) is 2.54. The molecule has 1 amide bonds. The molecule has 0 spiro atoms. The van der Waals surface area contributed by atoms with Crippen LogP contribution in [0.5, 0.6) is 0 Å². The molecule has 1 aromatic carbocycles. The van der Waals surface area contributed by atoms with Crippen LogP contribution in [0.3, 0.4) is 0 Å². The highest BCUT2D eigenvalue weighted by atomic mass is 16.6. The molecule has 0 heterocycles. The van der Waals surface area contributed by atoms with Gasteiger partial charge >= 0.3 is 5.69 Å². The number of anilines is 1. The van der Waals surface area contributed by atoms with Crippen molar-refractivity contribution in [3.05, 3.63) is 38.4 Å². The molecule has 0 saturated heterocycles. The highest BCUT2D eigenvalue weighted by molar-refractivity contribution is 5.79. The quantitative estimate of drug-likeness (QED) is 0.377. The van der Waals surface area contributed by atoms with Crippen LogP contribution in [0.25, 0.3) is 0 Å². The highest BCUT2D eigenvalue weighted by Gasteiger charge is 2.22. The van der Waals surface area contributed by atoms with Crippen LogP contribution in [-0.2, 0) is 4.79 Å². The van der Waals surface area contributed by atoms with Gasteiger partial charge in [-0.2, -0.15) is 0 Å². The van der Waals surface area contributed by atoms with E-state index in [0.29, 0.717) is 12.8 Å². The van der Waals surface area contributed by atoms with Gasteiger partial charge in [-0.05, 0) is 12.5 Å². The Morgan fingerprint density at radius 1 is 1.25 bits per heavy atom. The second kappa shape index (κ2) is 9.40. The summed E-state index contributed by atoms with van der Waals surface area (Å²) in [5.41, 5.74) is 7.27. The number of amides is 1. The standard InChI is InChI=1S/C14H21N5O5/c1-2-3-4-5-14(20)17(9-8-15)16-12-7-6-11(18(21)22)10-13(12)19(23)24/h6-7,10,16H,2-5,8-9,15H2,1H3. The molecule has 3 N–H and O–H groups in total. The molecule has 132 valence electrons. The number of nitrogens with zero attached hydrogens (tertiary/aromatic N) is 3. The molecular formula is C14H21N5O5. The van der Waals surface area contributed by atoms with Crippen molar-refractivity contribution in [2.75, 3.05) is 18.5 Å². The number of hydrazine groups is 1. The van der Waals surface area contributed by atoms with Crippen LogP contribution in [0.15, 0.2) is 18.2 Å². The SMILES string of the molecule is CCCCCC(=O)N(CCN)Nc1ccc([N+](=O)[O-])cc1[N+](=O)[O-]. The van der Waals surface area contributed by atoms with E-state index < -0.39 is 21.2 Å². The Balaban J connectivity index is 2.98. The smallest absolute Gasteiger partial charge is 0.300 e. The molecule has 0 aromatic heterocycles. The summed E-state index contributed by atoms with van der Waals surface area (Å²) >= 11 is 0. The van der Waals surface area contributed by atoms with Gasteiger partial charge in [0.1, 0.15) is 5.69 Å². The van der Waals surface area contributed by atoms with E-state index in [0.717, 1.165) is 25.0 Å². The first kappa shape index (κ1) is 19.3. The largest absolute Gasteiger partial charge is 0.329 e. The maximum Gasteiger partial charge on any atom is 0.300 e. The molecule has 0 fully saturated rings.